The van der Waals surface area contributed by atoms with Crippen molar-refractivity contribution in [3.05, 3.63) is 71.4 Å². The second kappa shape index (κ2) is 10.0. The standard InChI is InChI=1S/C27H33N3O2/c1-3-5-10-19(4-2)17-29-25(31)15-16-30-26(21-12-6-7-13-22(21)27(30)32)23-18-28-24-14-9-8-11-20(23)24/h6-9,11-14,18-19,26,28H,3-5,10,15-17H2,1-2H3,(H,29,31)/t19-,26-/m0/s1. The Kier molecular flexibility index (Phi) is 6.93. The summed E-state index contributed by atoms with van der Waals surface area (Å²) in [4.78, 5) is 31.1. The molecule has 2 heterocycles. The van der Waals surface area contributed by atoms with Crippen LogP contribution in [-0.4, -0.2) is 34.8 Å². The van der Waals surface area contributed by atoms with Crippen LogP contribution < -0.4 is 5.32 Å². The van der Waals surface area contributed by atoms with E-state index in [4.69, 9.17) is 0 Å². The molecule has 2 N–H and O–H groups in total. The summed E-state index contributed by atoms with van der Waals surface area (Å²) in [5.74, 6) is 0.537. The molecule has 1 aliphatic rings. The number of carbonyl (C=O) groups excluding carboxylic acids is 2. The normalized spacial score (nSPS) is 16.4. The quantitative estimate of drug-likeness (QED) is 0.449. The smallest absolute Gasteiger partial charge is 0.255 e. The van der Waals surface area contributed by atoms with E-state index in [0.717, 1.165) is 47.0 Å². The number of fused-ring (bicyclic) bond motifs is 2. The molecule has 1 aromatic heterocycles. The average Bonchev–Trinajstić information content (AvgIpc) is 3.36. The third-order valence-electron chi connectivity index (χ3n) is 6.69. The second-order valence-corrected chi connectivity index (χ2v) is 8.75. The maximum absolute atomic E-state index is 13.3. The van der Waals surface area contributed by atoms with Crippen LogP contribution in [0.3, 0.4) is 0 Å². The Bertz CT molecular complexity index is 1090. The molecule has 0 aliphatic carbocycles. The minimum absolute atomic E-state index is 0.00179. The molecule has 2 aromatic carbocycles. The van der Waals surface area contributed by atoms with Crippen LogP contribution in [0.1, 0.15) is 73.5 Å². The molecule has 0 radical (unpaired) electrons. The van der Waals surface area contributed by atoms with Gasteiger partial charge < -0.3 is 15.2 Å². The molecule has 2 atom stereocenters. The van der Waals surface area contributed by atoms with Gasteiger partial charge in [-0.2, -0.15) is 0 Å². The van der Waals surface area contributed by atoms with Gasteiger partial charge in [-0.05, 0) is 30.0 Å². The second-order valence-electron chi connectivity index (χ2n) is 8.75. The Morgan fingerprint density at radius 1 is 1.09 bits per heavy atom. The first-order valence-corrected chi connectivity index (χ1v) is 11.9. The summed E-state index contributed by atoms with van der Waals surface area (Å²) >= 11 is 0. The number of nitrogens with zero attached hydrogens (tertiary/aromatic N) is 1. The fourth-order valence-corrected chi connectivity index (χ4v) is 4.77. The number of amides is 2. The van der Waals surface area contributed by atoms with Crippen molar-refractivity contribution in [3.8, 4) is 0 Å². The number of para-hydroxylation sites is 1. The lowest BCUT2D eigenvalue weighted by Gasteiger charge is -2.25. The van der Waals surface area contributed by atoms with E-state index in [9.17, 15) is 9.59 Å². The number of H-pyrrole nitrogens is 1. The molecule has 3 aromatic rings. The summed E-state index contributed by atoms with van der Waals surface area (Å²) in [5, 5.41) is 4.21. The zero-order valence-corrected chi connectivity index (χ0v) is 19.1. The Balaban J connectivity index is 1.50. The minimum Gasteiger partial charge on any atom is -0.361 e. The molecular weight excluding hydrogens is 398 g/mol. The van der Waals surface area contributed by atoms with Crippen molar-refractivity contribution < 1.29 is 9.59 Å². The van der Waals surface area contributed by atoms with Gasteiger partial charge in [0.1, 0.15) is 0 Å². The number of aromatic nitrogens is 1. The SMILES string of the molecule is CCCC[C@H](CC)CNC(=O)CCN1C(=O)c2ccccc2[C@H]1c1c[nH]c2ccccc12. The van der Waals surface area contributed by atoms with Crippen LogP contribution in [0, 0.1) is 5.92 Å². The van der Waals surface area contributed by atoms with E-state index in [1.807, 2.05) is 53.6 Å². The Morgan fingerprint density at radius 3 is 2.69 bits per heavy atom. The summed E-state index contributed by atoms with van der Waals surface area (Å²) < 4.78 is 0. The number of benzene rings is 2. The van der Waals surface area contributed by atoms with Gasteiger partial charge in [0, 0.05) is 47.7 Å². The van der Waals surface area contributed by atoms with Crippen molar-refractivity contribution in [2.75, 3.05) is 13.1 Å². The summed E-state index contributed by atoms with van der Waals surface area (Å²) in [5.41, 5.74) is 3.86. The lowest BCUT2D eigenvalue weighted by Crippen LogP contribution is -2.35. The third kappa shape index (κ3) is 4.43. The molecule has 5 nitrogen and oxygen atoms in total. The molecule has 5 heteroatoms. The Hall–Kier alpha value is -3.08. The van der Waals surface area contributed by atoms with Crippen molar-refractivity contribution in [3.63, 3.8) is 0 Å². The van der Waals surface area contributed by atoms with Crippen LogP contribution in [0.15, 0.2) is 54.7 Å². The highest BCUT2D eigenvalue weighted by atomic mass is 16.2. The summed E-state index contributed by atoms with van der Waals surface area (Å²) in [6.07, 6.45) is 6.90. The molecule has 0 saturated carbocycles. The maximum Gasteiger partial charge on any atom is 0.255 e. The number of hydrogen-bond acceptors (Lipinski definition) is 2. The molecule has 32 heavy (non-hydrogen) atoms. The summed E-state index contributed by atoms with van der Waals surface area (Å²) in [7, 11) is 0. The molecule has 2 amide bonds. The Labute approximate surface area is 190 Å². The number of carbonyl (C=O) groups is 2. The zero-order chi connectivity index (χ0) is 22.5. The Morgan fingerprint density at radius 2 is 1.88 bits per heavy atom. The molecule has 0 spiro atoms. The molecule has 1 aliphatic heterocycles. The highest BCUT2D eigenvalue weighted by Gasteiger charge is 2.38. The molecule has 168 valence electrons. The van der Waals surface area contributed by atoms with E-state index in [1.165, 1.54) is 12.8 Å². The monoisotopic (exact) mass is 431 g/mol. The number of aromatic amines is 1. The van der Waals surface area contributed by atoms with Crippen molar-refractivity contribution in [1.29, 1.82) is 0 Å². The van der Waals surface area contributed by atoms with Gasteiger partial charge in [0.05, 0.1) is 6.04 Å². The van der Waals surface area contributed by atoms with Crippen LogP contribution >= 0.6 is 0 Å². The van der Waals surface area contributed by atoms with E-state index in [1.54, 1.807) is 0 Å². The summed E-state index contributed by atoms with van der Waals surface area (Å²) in [6, 6.07) is 15.8. The van der Waals surface area contributed by atoms with Gasteiger partial charge in [0.25, 0.3) is 5.91 Å². The van der Waals surface area contributed by atoms with Gasteiger partial charge in [-0.25, -0.2) is 0 Å². The van der Waals surface area contributed by atoms with Crippen molar-refractivity contribution in [1.82, 2.24) is 15.2 Å². The van der Waals surface area contributed by atoms with E-state index in [2.05, 4.69) is 30.2 Å². The van der Waals surface area contributed by atoms with Crippen LogP contribution in [-0.2, 0) is 4.79 Å². The van der Waals surface area contributed by atoms with Crippen molar-refractivity contribution in [2.45, 2.75) is 52.0 Å². The summed E-state index contributed by atoms with van der Waals surface area (Å²) in [6.45, 7) is 5.49. The molecule has 0 fully saturated rings. The van der Waals surface area contributed by atoms with Gasteiger partial charge in [0.15, 0.2) is 0 Å². The highest BCUT2D eigenvalue weighted by Crippen LogP contribution is 2.41. The number of unbranched alkanes of at least 4 members (excludes halogenated alkanes) is 1. The van der Waals surface area contributed by atoms with Crippen LogP contribution in [0.2, 0.25) is 0 Å². The van der Waals surface area contributed by atoms with Crippen LogP contribution in [0.4, 0.5) is 0 Å². The first-order valence-electron chi connectivity index (χ1n) is 11.9. The number of rotatable bonds is 10. The molecular formula is C27H33N3O2. The van der Waals surface area contributed by atoms with E-state index in [-0.39, 0.29) is 17.9 Å². The fourth-order valence-electron chi connectivity index (χ4n) is 4.77. The maximum atomic E-state index is 13.3. The lowest BCUT2D eigenvalue weighted by atomic mass is 9.97. The molecule has 4 rings (SSSR count). The van der Waals surface area contributed by atoms with Crippen molar-refractivity contribution in [2.24, 2.45) is 5.92 Å². The van der Waals surface area contributed by atoms with E-state index < -0.39 is 0 Å². The molecule has 0 bridgehead atoms. The van der Waals surface area contributed by atoms with Crippen molar-refractivity contribution >= 4 is 22.7 Å². The number of nitrogens with one attached hydrogen (secondary N) is 2. The fraction of sp³-hybridized carbons (Fsp3) is 0.407. The van der Waals surface area contributed by atoms with Gasteiger partial charge in [-0.3, -0.25) is 9.59 Å². The third-order valence-corrected chi connectivity index (χ3v) is 6.69. The number of hydrogen-bond donors (Lipinski definition) is 2. The first-order chi connectivity index (χ1) is 15.6. The van der Waals surface area contributed by atoms with Crippen LogP contribution in [0.5, 0.6) is 0 Å². The topological polar surface area (TPSA) is 65.2 Å². The zero-order valence-electron chi connectivity index (χ0n) is 19.1. The first kappa shape index (κ1) is 22.1. The van der Waals surface area contributed by atoms with Gasteiger partial charge in [0.2, 0.25) is 5.91 Å². The lowest BCUT2D eigenvalue weighted by molar-refractivity contribution is -0.121. The van der Waals surface area contributed by atoms with Gasteiger partial charge in [-0.1, -0.05) is 69.5 Å². The molecule has 0 saturated heterocycles. The minimum atomic E-state index is -0.185. The van der Waals surface area contributed by atoms with Crippen LogP contribution in [0.25, 0.3) is 10.9 Å². The van der Waals surface area contributed by atoms with E-state index >= 15 is 0 Å². The van der Waals surface area contributed by atoms with Gasteiger partial charge >= 0.3 is 0 Å². The highest BCUT2D eigenvalue weighted by molar-refractivity contribution is 6.01. The predicted molar refractivity (Wildman–Crippen MR) is 129 cm³/mol. The largest absolute Gasteiger partial charge is 0.361 e. The average molecular weight is 432 g/mol. The van der Waals surface area contributed by atoms with Gasteiger partial charge in [-0.15, -0.1) is 0 Å². The predicted octanol–water partition coefficient (Wildman–Crippen LogP) is 5.44. The van der Waals surface area contributed by atoms with E-state index in [0.29, 0.717) is 18.9 Å². The molecule has 0 unspecified atom stereocenters.